The van der Waals surface area contributed by atoms with Gasteiger partial charge in [-0.3, -0.25) is 0 Å². The number of H-pyrrole nitrogens is 1. The van der Waals surface area contributed by atoms with Crippen molar-refractivity contribution in [3.8, 4) is 5.75 Å². The number of rotatable bonds is 3. The van der Waals surface area contributed by atoms with Crippen LogP contribution >= 0.6 is 11.8 Å². The van der Waals surface area contributed by atoms with E-state index in [9.17, 15) is 9.82 Å². The van der Waals surface area contributed by atoms with Crippen LogP contribution in [0.3, 0.4) is 0 Å². The lowest BCUT2D eigenvalue weighted by Gasteiger charge is -2.27. The van der Waals surface area contributed by atoms with Gasteiger partial charge in [0.25, 0.3) is 0 Å². The molecule has 0 saturated carbocycles. The Kier molecular flexibility index (Phi) is 3.37. The lowest BCUT2D eigenvalue weighted by molar-refractivity contribution is 0.0694. The first-order valence-corrected chi connectivity index (χ1v) is 6.75. The van der Waals surface area contributed by atoms with E-state index in [2.05, 4.69) is 15.4 Å². The number of carbonyl (C=O) groups is 1. The molecule has 3 N–H and O–H groups in total. The molecule has 0 radical (unpaired) electrons. The Morgan fingerprint density at radius 3 is 3.10 bits per heavy atom. The van der Waals surface area contributed by atoms with Crippen molar-refractivity contribution < 1.29 is 19.6 Å². The minimum absolute atomic E-state index is 0.0615. The van der Waals surface area contributed by atoms with E-state index in [0.29, 0.717) is 11.4 Å². The molecule has 102 valence electrons. The largest absolute Gasteiger partial charge is 0.537 e. The average Bonchev–Trinajstić information content (AvgIpc) is 2.91. The van der Waals surface area contributed by atoms with E-state index in [1.165, 1.54) is 17.8 Å². The van der Waals surface area contributed by atoms with Gasteiger partial charge in [0.1, 0.15) is 10.8 Å². The summed E-state index contributed by atoms with van der Waals surface area (Å²) < 4.78 is 5.38. The molecule has 7 nitrogen and oxygen atoms in total. The van der Waals surface area contributed by atoms with Crippen molar-refractivity contribution in [2.45, 2.75) is 16.6 Å². The maximum atomic E-state index is 11.1. The number of hydrogen-bond donors (Lipinski definition) is 3. The zero-order chi connectivity index (χ0) is 14.1. The Hall–Kier alpha value is -2.00. The van der Waals surface area contributed by atoms with Gasteiger partial charge in [-0.25, -0.2) is 4.79 Å². The SMILES string of the molecule is O=C(O)c1cccc2c1OB(O)[C@@H](Sc1cn[nH]n1)C2. The fourth-order valence-corrected chi connectivity index (χ4v) is 3.02. The van der Waals surface area contributed by atoms with Crippen molar-refractivity contribution in [3.05, 3.63) is 35.5 Å². The van der Waals surface area contributed by atoms with Gasteiger partial charge in [0.05, 0.1) is 16.9 Å². The van der Waals surface area contributed by atoms with Crippen molar-refractivity contribution in [2.75, 3.05) is 0 Å². The maximum absolute atomic E-state index is 11.1. The Morgan fingerprint density at radius 2 is 2.40 bits per heavy atom. The third-order valence-corrected chi connectivity index (χ3v) is 4.11. The van der Waals surface area contributed by atoms with Crippen molar-refractivity contribution in [1.29, 1.82) is 0 Å². The van der Waals surface area contributed by atoms with Crippen LogP contribution in [0.5, 0.6) is 5.75 Å². The first kappa shape index (κ1) is 13.0. The molecule has 2 heterocycles. The molecule has 0 saturated heterocycles. The van der Waals surface area contributed by atoms with Gasteiger partial charge >= 0.3 is 13.1 Å². The first-order valence-electron chi connectivity index (χ1n) is 5.87. The predicted molar refractivity (Wildman–Crippen MR) is 71.7 cm³/mol. The molecular weight excluding hydrogens is 281 g/mol. The smallest absolute Gasteiger partial charge is 0.535 e. The summed E-state index contributed by atoms with van der Waals surface area (Å²) in [6.07, 6.45) is 2.05. The van der Waals surface area contributed by atoms with Crippen LogP contribution in [0.1, 0.15) is 15.9 Å². The molecule has 20 heavy (non-hydrogen) atoms. The van der Waals surface area contributed by atoms with Crippen LogP contribution in [-0.4, -0.2) is 43.8 Å². The van der Waals surface area contributed by atoms with Gasteiger partial charge in [-0.05, 0) is 18.1 Å². The van der Waals surface area contributed by atoms with E-state index in [1.54, 1.807) is 18.3 Å². The molecule has 0 aliphatic carbocycles. The van der Waals surface area contributed by atoms with E-state index in [4.69, 9.17) is 9.76 Å². The van der Waals surface area contributed by atoms with E-state index in [1.807, 2.05) is 0 Å². The Morgan fingerprint density at radius 1 is 1.55 bits per heavy atom. The minimum Gasteiger partial charge on any atom is -0.535 e. The van der Waals surface area contributed by atoms with Gasteiger partial charge in [-0.1, -0.05) is 12.1 Å². The van der Waals surface area contributed by atoms with Crippen LogP contribution in [0.25, 0.3) is 0 Å². The van der Waals surface area contributed by atoms with Crippen molar-refractivity contribution in [1.82, 2.24) is 15.4 Å². The second-order valence-corrected chi connectivity index (χ2v) is 5.54. The Labute approximate surface area is 118 Å². The van der Waals surface area contributed by atoms with Gasteiger partial charge in [0.2, 0.25) is 0 Å². The molecule has 0 fully saturated rings. The molecule has 9 heteroatoms. The monoisotopic (exact) mass is 291 g/mol. The van der Waals surface area contributed by atoms with Gasteiger partial charge in [-0.2, -0.15) is 10.3 Å². The number of nitrogens with one attached hydrogen (secondary N) is 1. The number of fused-ring (bicyclic) bond motifs is 1. The molecule has 0 unspecified atom stereocenters. The number of aromatic carboxylic acids is 1. The van der Waals surface area contributed by atoms with Gasteiger partial charge in [-0.15, -0.1) is 16.9 Å². The molecule has 3 rings (SSSR count). The standard InChI is InChI=1S/C11H10BN3O4S/c16-11(17)7-3-1-2-6-4-8(12(18)19-10(6)7)20-9-5-13-15-14-9/h1-3,5,8,18H,4H2,(H,16,17)(H,13,14,15)/t8-/m0/s1. The molecule has 0 bridgehead atoms. The highest BCUT2D eigenvalue weighted by atomic mass is 32.2. The fraction of sp³-hybridized carbons (Fsp3) is 0.182. The highest BCUT2D eigenvalue weighted by Gasteiger charge is 2.37. The van der Waals surface area contributed by atoms with Crippen molar-refractivity contribution in [3.63, 3.8) is 0 Å². The summed E-state index contributed by atoms with van der Waals surface area (Å²) in [5, 5.41) is 29.6. The van der Waals surface area contributed by atoms with Crippen LogP contribution in [0.4, 0.5) is 0 Å². The highest BCUT2D eigenvalue weighted by molar-refractivity contribution is 8.01. The molecular formula is C11H10BN3O4S. The van der Waals surface area contributed by atoms with E-state index in [-0.39, 0.29) is 16.5 Å². The zero-order valence-electron chi connectivity index (χ0n) is 10.2. The molecule has 1 aliphatic heterocycles. The fourth-order valence-electron chi connectivity index (χ4n) is 2.07. The van der Waals surface area contributed by atoms with Gasteiger partial charge < -0.3 is 14.8 Å². The van der Waals surface area contributed by atoms with Crippen molar-refractivity contribution >= 4 is 24.8 Å². The van der Waals surface area contributed by atoms with Gasteiger partial charge in [0, 0.05) is 0 Å². The number of thioether (sulfide) groups is 1. The molecule has 1 aromatic carbocycles. The van der Waals surface area contributed by atoms with Gasteiger partial charge in [0.15, 0.2) is 0 Å². The molecule has 0 amide bonds. The number of aromatic nitrogens is 3. The number of nitrogens with zero attached hydrogens (tertiary/aromatic N) is 2. The Balaban J connectivity index is 1.87. The summed E-state index contributed by atoms with van der Waals surface area (Å²) >= 11 is 1.33. The third-order valence-electron chi connectivity index (χ3n) is 2.97. The van der Waals surface area contributed by atoms with E-state index in [0.717, 1.165) is 5.56 Å². The highest BCUT2D eigenvalue weighted by Crippen LogP contribution is 2.35. The molecule has 1 atom stereocenters. The predicted octanol–water partition coefficient (Wildman–Crippen LogP) is 0.618. The first-order chi connectivity index (χ1) is 9.65. The molecule has 2 aromatic rings. The second kappa shape index (κ2) is 5.18. The van der Waals surface area contributed by atoms with Crippen LogP contribution in [0.15, 0.2) is 29.4 Å². The summed E-state index contributed by atoms with van der Waals surface area (Å²) in [4.78, 5) is 11.1. The number of para-hydroxylation sites is 1. The zero-order valence-corrected chi connectivity index (χ0v) is 11.0. The maximum Gasteiger partial charge on any atom is 0.537 e. The quantitative estimate of drug-likeness (QED) is 0.711. The van der Waals surface area contributed by atoms with E-state index < -0.39 is 13.1 Å². The number of hydrogen-bond acceptors (Lipinski definition) is 6. The normalized spacial score (nSPS) is 17.4. The lowest BCUT2D eigenvalue weighted by atomic mass is 9.77. The second-order valence-electron chi connectivity index (χ2n) is 4.28. The topological polar surface area (TPSA) is 108 Å². The number of aromatic amines is 1. The average molecular weight is 291 g/mol. The number of carboxylic acid groups (broad SMARTS) is 1. The van der Waals surface area contributed by atoms with Crippen LogP contribution < -0.4 is 4.65 Å². The summed E-state index contributed by atoms with van der Waals surface area (Å²) in [7, 11) is -1.09. The van der Waals surface area contributed by atoms with Crippen molar-refractivity contribution in [2.24, 2.45) is 0 Å². The Bertz CT molecular complexity index is 637. The summed E-state index contributed by atoms with van der Waals surface area (Å²) in [5.41, 5.74) is 0.822. The minimum atomic E-state index is -1.09. The van der Waals surface area contributed by atoms with Crippen LogP contribution in [0, 0.1) is 0 Å². The van der Waals surface area contributed by atoms with Crippen LogP contribution in [0.2, 0.25) is 0 Å². The molecule has 1 aliphatic rings. The van der Waals surface area contributed by atoms with E-state index >= 15 is 0 Å². The lowest BCUT2D eigenvalue weighted by Crippen LogP contribution is -2.40. The molecule has 1 aromatic heterocycles. The van der Waals surface area contributed by atoms with Crippen LogP contribution in [-0.2, 0) is 6.42 Å². The number of benzene rings is 1. The number of carboxylic acids is 1. The summed E-state index contributed by atoms with van der Waals surface area (Å²) in [6.45, 7) is 0. The summed E-state index contributed by atoms with van der Waals surface area (Å²) in [5.74, 6) is -0.832. The molecule has 0 spiro atoms. The third kappa shape index (κ3) is 2.37. The summed E-state index contributed by atoms with van der Waals surface area (Å²) in [6, 6.07) is 4.92.